The number of hydrogen-bond donors (Lipinski definition) is 0. The highest BCUT2D eigenvalue weighted by molar-refractivity contribution is 6.30. The molecule has 3 heteroatoms. The van der Waals surface area contributed by atoms with Gasteiger partial charge < -0.3 is 4.90 Å². The molecular formula is C17H15ClFN. The summed E-state index contributed by atoms with van der Waals surface area (Å²) in [6.45, 7) is 1.80. The first kappa shape index (κ1) is 13.2. The van der Waals surface area contributed by atoms with Crippen molar-refractivity contribution < 1.29 is 4.39 Å². The maximum Gasteiger partial charge on any atom is 0.123 e. The number of hydrogen-bond acceptors (Lipinski definition) is 1. The van der Waals surface area contributed by atoms with E-state index in [1.807, 2.05) is 24.3 Å². The largest absolute Gasteiger partial charge is 0.367 e. The highest BCUT2D eigenvalue weighted by Crippen LogP contribution is 2.26. The van der Waals surface area contributed by atoms with Gasteiger partial charge in [-0.2, -0.15) is 0 Å². The molecule has 3 rings (SSSR count). The van der Waals surface area contributed by atoms with E-state index in [4.69, 9.17) is 11.6 Å². The zero-order valence-electron chi connectivity index (χ0n) is 11.0. The Hall–Kier alpha value is -1.80. The fourth-order valence-corrected chi connectivity index (χ4v) is 2.61. The summed E-state index contributed by atoms with van der Waals surface area (Å²) in [4.78, 5) is 2.25. The van der Waals surface area contributed by atoms with Gasteiger partial charge in [0.25, 0.3) is 0 Å². The molecule has 0 saturated heterocycles. The molecule has 0 fully saturated rings. The SMILES string of the molecule is Fc1ccc(N2CC=C(c3ccc(Cl)cc3)CC2)cc1. The molecule has 0 N–H and O–H groups in total. The van der Waals surface area contributed by atoms with Gasteiger partial charge in [-0.25, -0.2) is 4.39 Å². The van der Waals surface area contributed by atoms with Crippen LogP contribution < -0.4 is 4.90 Å². The lowest BCUT2D eigenvalue weighted by molar-refractivity contribution is 0.627. The summed E-state index contributed by atoms with van der Waals surface area (Å²) in [5, 5.41) is 0.762. The number of nitrogens with zero attached hydrogens (tertiary/aromatic N) is 1. The smallest absolute Gasteiger partial charge is 0.123 e. The minimum Gasteiger partial charge on any atom is -0.367 e. The van der Waals surface area contributed by atoms with Gasteiger partial charge in [-0.3, -0.25) is 0 Å². The molecule has 1 aliphatic rings. The summed E-state index contributed by atoms with van der Waals surface area (Å²) < 4.78 is 12.9. The second kappa shape index (κ2) is 5.68. The minimum absolute atomic E-state index is 0.192. The van der Waals surface area contributed by atoms with Crippen LogP contribution in [0.25, 0.3) is 5.57 Å². The molecule has 1 aliphatic heterocycles. The van der Waals surface area contributed by atoms with E-state index >= 15 is 0 Å². The van der Waals surface area contributed by atoms with Crippen LogP contribution in [0, 0.1) is 5.82 Å². The Balaban J connectivity index is 1.74. The third-order valence-electron chi connectivity index (χ3n) is 3.62. The Morgan fingerprint density at radius 3 is 2.25 bits per heavy atom. The minimum atomic E-state index is -0.192. The standard InChI is InChI=1S/C17H15ClFN/c18-15-3-1-13(2-4-15)14-9-11-20(12-10-14)17-7-5-16(19)6-8-17/h1-9H,10-12H2. The fraction of sp³-hybridized carbons (Fsp3) is 0.176. The van der Waals surface area contributed by atoms with Crippen LogP contribution in [0.2, 0.25) is 5.02 Å². The third-order valence-corrected chi connectivity index (χ3v) is 3.87. The molecule has 1 heterocycles. The molecule has 2 aromatic carbocycles. The molecule has 0 aromatic heterocycles. The van der Waals surface area contributed by atoms with Crippen molar-refractivity contribution in [1.29, 1.82) is 0 Å². The second-order valence-corrected chi connectivity index (χ2v) is 5.35. The van der Waals surface area contributed by atoms with E-state index in [0.29, 0.717) is 0 Å². The first-order valence-electron chi connectivity index (χ1n) is 6.68. The van der Waals surface area contributed by atoms with E-state index in [1.54, 1.807) is 0 Å². The van der Waals surface area contributed by atoms with Crippen molar-refractivity contribution in [2.45, 2.75) is 6.42 Å². The topological polar surface area (TPSA) is 3.24 Å². The lowest BCUT2D eigenvalue weighted by Gasteiger charge is -2.28. The van der Waals surface area contributed by atoms with Crippen LogP contribution in [0.15, 0.2) is 54.6 Å². The van der Waals surface area contributed by atoms with Gasteiger partial charge >= 0.3 is 0 Å². The van der Waals surface area contributed by atoms with Crippen molar-refractivity contribution in [1.82, 2.24) is 0 Å². The second-order valence-electron chi connectivity index (χ2n) is 4.91. The van der Waals surface area contributed by atoms with Crippen LogP contribution in [-0.2, 0) is 0 Å². The van der Waals surface area contributed by atoms with Crippen LogP contribution in [0.5, 0.6) is 0 Å². The van der Waals surface area contributed by atoms with E-state index in [1.165, 1.54) is 23.3 Å². The maximum absolute atomic E-state index is 12.9. The lowest BCUT2D eigenvalue weighted by Crippen LogP contribution is -2.28. The highest BCUT2D eigenvalue weighted by Gasteiger charge is 2.13. The first-order chi connectivity index (χ1) is 9.72. The lowest BCUT2D eigenvalue weighted by atomic mass is 9.99. The van der Waals surface area contributed by atoms with E-state index < -0.39 is 0 Å². The van der Waals surface area contributed by atoms with E-state index in [2.05, 4.69) is 23.1 Å². The van der Waals surface area contributed by atoms with E-state index in [0.717, 1.165) is 30.2 Å². The van der Waals surface area contributed by atoms with Gasteiger partial charge in [-0.05, 0) is 54.0 Å². The summed E-state index contributed by atoms with van der Waals surface area (Å²) in [6.07, 6.45) is 3.22. The normalized spacial score (nSPS) is 15.1. The maximum atomic E-state index is 12.9. The number of rotatable bonds is 2. The Bertz CT molecular complexity index is 616. The molecule has 102 valence electrons. The van der Waals surface area contributed by atoms with Crippen molar-refractivity contribution in [2.24, 2.45) is 0 Å². The Labute approximate surface area is 123 Å². The quantitative estimate of drug-likeness (QED) is 0.769. The molecule has 0 unspecified atom stereocenters. The Kier molecular flexibility index (Phi) is 3.75. The Morgan fingerprint density at radius 1 is 0.950 bits per heavy atom. The summed E-state index contributed by atoms with van der Waals surface area (Å²) in [7, 11) is 0. The van der Waals surface area contributed by atoms with Crippen molar-refractivity contribution in [3.05, 3.63) is 71.0 Å². The van der Waals surface area contributed by atoms with Gasteiger partial charge in [0.05, 0.1) is 0 Å². The molecule has 0 saturated carbocycles. The molecule has 0 aliphatic carbocycles. The highest BCUT2D eigenvalue weighted by atomic mass is 35.5. The van der Waals surface area contributed by atoms with Crippen LogP contribution in [0.1, 0.15) is 12.0 Å². The van der Waals surface area contributed by atoms with Crippen LogP contribution in [0.4, 0.5) is 10.1 Å². The van der Waals surface area contributed by atoms with E-state index in [9.17, 15) is 4.39 Å². The summed E-state index contributed by atoms with van der Waals surface area (Å²) in [5.41, 5.74) is 3.64. The number of benzene rings is 2. The predicted octanol–water partition coefficient (Wildman–Crippen LogP) is 4.77. The van der Waals surface area contributed by atoms with E-state index in [-0.39, 0.29) is 5.82 Å². The number of halogens is 2. The fourth-order valence-electron chi connectivity index (χ4n) is 2.48. The van der Waals surface area contributed by atoms with Gasteiger partial charge in [0, 0.05) is 23.8 Å². The van der Waals surface area contributed by atoms with Crippen LogP contribution >= 0.6 is 11.6 Å². The molecule has 0 radical (unpaired) electrons. The average Bonchev–Trinajstić information content (AvgIpc) is 2.49. The molecule has 0 atom stereocenters. The monoisotopic (exact) mass is 287 g/mol. The molecule has 2 aromatic rings. The van der Waals surface area contributed by atoms with Gasteiger partial charge in [0.2, 0.25) is 0 Å². The molecule has 1 nitrogen and oxygen atoms in total. The van der Waals surface area contributed by atoms with Crippen molar-refractivity contribution >= 4 is 22.9 Å². The average molecular weight is 288 g/mol. The molecular weight excluding hydrogens is 273 g/mol. The van der Waals surface area contributed by atoms with Gasteiger partial charge in [0.15, 0.2) is 0 Å². The summed E-state index contributed by atoms with van der Waals surface area (Å²) in [6, 6.07) is 14.6. The van der Waals surface area contributed by atoms with Crippen LogP contribution in [0.3, 0.4) is 0 Å². The van der Waals surface area contributed by atoms with Crippen molar-refractivity contribution in [3.63, 3.8) is 0 Å². The Morgan fingerprint density at radius 2 is 1.65 bits per heavy atom. The zero-order chi connectivity index (χ0) is 13.9. The van der Waals surface area contributed by atoms with Gasteiger partial charge in [-0.1, -0.05) is 29.8 Å². The predicted molar refractivity (Wildman–Crippen MR) is 82.7 cm³/mol. The summed E-state index contributed by atoms with van der Waals surface area (Å²) in [5.74, 6) is -0.192. The molecule has 0 bridgehead atoms. The van der Waals surface area contributed by atoms with Crippen LogP contribution in [-0.4, -0.2) is 13.1 Å². The molecule has 0 spiro atoms. The molecule has 0 amide bonds. The first-order valence-corrected chi connectivity index (χ1v) is 7.06. The van der Waals surface area contributed by atoms with Gasteiger partial charge in [0.1, 0.15) is 5.82 Å². The van der Waals surface area contributed by atoms with Crippen molar-refractivity contribution in [3.8, 4) is 0 Å². The third kappa shape index (κ3) is 2.86. The van der Waals surface area contributed by atoms with Crippen molar-refractivity contribution in [2.75, 3.05) is 18.0 Å². The zero-order valence-corrected chi connectivity index (χ0v) is 11.8. The molecule has 20 heavy (non-hydrogen) atoms. The van der Waals surface area contributed by atoms with Gasteiger partial charge in [-0.15, -0.1) is 0 Å². The summed E-state index contributed by atoms with van der Waals surface area (Å²) >= 11 is 5.91. The number of anilines is 1.